The van der Waals surface area contributed by atoms with Gasteiger partial charge in [-0.05, 0) is 32.4 Å². The highest BCUT2D eigenvalue weighted by molar-refractivity contribution is 5.86. The number of hydrogen-bond donors (Lipinski definition) is 2. The Balaban J connectivity index is 1.82. The average Bonchev–Trinajstić information content (AvgIpc) is 2.88. The molecule has 0 amide bonds. The number of aromatic amines is 1. The quantitative estimate of drug-likeness (QED) is 0.838. The first kappa shape index (κ1) is 13.1. The van der Waals surface area contributed by atoms with Crippen molar-refractivity contribution in [2.24, 2.45) is 0 Å². The van der Waals surface area contributed by atoms with Crippen molar-refractivity contribution in [1.82, 2.24) is 19.9 Å². The van der Waals surface area contributed by atoms with E-state index < -0.39 is 0 Å². The van der Waals surface area contributed by atoms with Gasteiger partial charge < -0.3 is 10.3 Å². The van der Waals surface area contributed by atoms with Gasteiger partial charge in [-0.2, -0.15) is 0 Å². The molecule has 0 radical (unpaired) electrons. The van der Waals surface area contributed by atoms with E-state index in [9.17, 15) is 0 Å². The van der Waals surface area contributed by atoms with Gasteiger partial charge in [0, 0.05) is 24.8 Å². The molecule has 1 aliphatic heterocycles. The number of likely N-dealkylation sites (tertiary alicyclic amines) is 1. The fourth-order valence-corrected chi connectivity index (χ4v) is 3.04. The maximum absolute atomic E-state index is 4.41. The normalized spacial score (nSPS) is 23.9. The smallest absolute Gasteiger partial charge is 0.142 e. The van der Waals surface area contributed by atoms with E-state index in [-0.39, 0.29) is 5.54 Å². The van der Waals surface area contributed by atoms with Gasteiger partial charge in [0.05, 0.1) is 5.39 Å². The Bertz CT molecular complexity index is 605. The second-order valence-corrected chi connectivity index (χ2v) is 5.78. The Kier molecular flexibility index (Phi) is 3.44. The van der Waals surface area contributed by atoms with Crippen LogP contribution in [0, 0.1) is 0 Å². The van der Waals surface area contributed by atoms with Gasteiger partial charge in [-0.15, -0.1) is 6.58 Å². The lowest BCUT2D eigenvalue weighted by molar-refractivity contribution is 0.188. The van der Waals surface area contributed by atoms with Crippen molar-refractivity contribution in [3.05, 3.63) is 31.2 Å². The SMILES string of the molecule is C=CCN1CCC[C@](C)(Nc2ncnc3[nH]ccc23)C1. The van der Waals surface area contributed by atoms with Crippen LogP contribution in [-0.2, 0) is 0 Å². The van der Waals surface area contributed by atoms with Gasteiger partial charge in [-0.3, -0.25) is 4.90 Å². The maximum atomic E-state index is 4.41. The van der Waals surface area contributed by atoms with Gasteiger partial charge in [-0.1, -0.05) is 6.08 Å². The van der Waals surface area contributed by atoms with Gasteiger partial charge in [0.1, 0.15) is 17.8 Å². The van der Waals surface area contributed by atoms with Crippen molar-refractivity contribution in [3.63, 3.8) is 0 Å². The fourth-order valence-electron chi connectivity index (χ4n) is 3.04. The number of fused-ring (bicyclic) bond motifs is 1. The Labute approximate surface area is 119 Å². The molecule has 0 saturated carbocycles. The van der Waals surface area contributed by atoms with Crippen LogP contribution in [-0.4, -0.2) is 45.0 Å². The average molecular weight is 271 g/mol. The number of rotatable bonds is 4. The van der Waals surface area contributed by atoms with Gasteiger partial charge in [-0.25, -0.2) is 9.97 Å². The van der Waals surface area contributed by atoms with Crippen LogP contribution in [0.2, 0.25) is 0 Å². The summed E-state index contributed by atoms with van der Waals surface area (Å²) in [5.41, 5.74) is 0.921. The molecule has 2 N–H and O–H groups in total. The van der Waals surface area contributed by atoms with Crippen LogP contribution in [0.1, 0.15) is 19.8 Å². The van der Waals surface area contributed by atoms with Crippen molar-refractivity contribution in [2.75, 3.05) is 25.0 Å². The van der Waals surface area contributed by atoms with Crippen molar-refractivity contribution in [1.29, 1.82) is 0 Å². The second-order valence-electron chi connectivity index (χ2n) is 5.78. The molecule has 0 aromatic carbocycles. The molecule has 20 heavy (non-hydrogen) atoms. The highest BCUT2D eigenvalue weighted by Gasteiger charge is 2.31. The Morgan fingerprint density at radius 1 is 1.55 bits per heavy atom. The van der Waals surface area contributed by atoms with Gasteiger partial charge in [0.15, 0.2) is 0 Å². The molecule has 0 aliphatic carbocycles. The first-order valence-electron chi connectivity index (χ1n) is 7.10. The largest absolute Gasteiger partial charge is 0.363 e. The summed E-state index contributed by atoms with van der Waals surface area (Å²) in [5.74, 6) is 0.916. The summed E-state index contributed by atoms with van der Waals surface area (Å²) in [6.45, 7) is 9.20. The number of piperidine rings is 1. The van der Waals surface area contributed by atoms with E-state index in [1.807, 2.05) is 18.3 Å². The lowest BCUT2D eigenvalue weighted by Gasteiger charge is -2.41. The fraction of sp³-hybridized carbons (Fsp3) is 0.467. The summed E-state index contributed by atoms with van der Waals surface area (Å²) in [6.07, 6.45) is 7.82. The lowest BCUT2D eigenvalue weighted by atomic mass is 9.91. The first-order valence-corrected chi connectivity index (χ1v) is 7.10. The predicted molar refractivity (Wildman–Crippen MR) is 81.8 cm³/mol. The zero-order valence-corrected chi connectivity index (χ0v) is 11.9. The molecule has 2 aromatic heterocycles. The molecule has 106 valence electrons. The maximum Gasteiger partial charge on any atom is 0.142 e. The molecule has 0 spiro atoms. The zero-order chi connectivity index (χ0) is 14.0. The van der Waals surface area contributed by atoms with Crippen molar-refractivity contribution >= 4 is 16.9 Å². The predicted octanol–water partition coefficient (Wildman–Crippen LogP) is 2.41. The van der Waals surface area contributed by atoms with Crippen molar-refractivity contribution in [2.45, 2.75) is 25.3 Å². The van der Waals surface area contributed by atoms with E-state index in [4.69, 9.17) is 0 Å². The summed E-state index contributed by atoms with van der Waals surface area (Å²) in [4.78, 5) is 14.2. The minimum Gasteiger partial charge on any atom is -0.363 e. The monoisotopic (exact) mass is 271 g/mol. The minimum atomic E-state index is 0.0415. The summed E-state index contributed by atoms with van der Waals surface area (Å²) in [5, 5.41) is 4.68. The number of anilines is 1. The van der Waals surface area contributed by atoms with Gasteiger partial charge in [0.2, 0.25) is 0 Å². The van der Waals surface area contributed by atoms with Crippen LogP contribution in [0.25, 0.3) is 11.0 Å². The number of hydrogen-bond acceptors (Lipinski definition) is 4. The van der Waals surface area contributed by atoms with Crippen LogP contribution in [0.3, 0.4) is 0 Å². The Hall–Kier alpha value is -1.88. The Morgan fingerprint density at radius 2 is 2.45 bits per heavy atom. The molecule has 3 heterocycles. The van der Waals surface area contributed by atoms with E-state index in [0.717, 1.165) is 42.9 Å². The molecule has 1 fully saturated rings. The molecule has 0 bridgehead atoms. The van der Waals surface area contributed by atoms with Crippen LogP contribution in [0.4, 0.5) is 5.82 Å². The van der Waals surface area contributed by atoms with Crippen molar-refractivity contribution < 1.29 is 0 Å². The summed E-state index contributed by atoms with van der Waals surface area (Å²) >= 11 is 0. The van der Waals surface area contributed by atoms with Gasteiger partial charge >= 0.3 is 0 Å². The number of nitrogens with zero attached hydrogens (tertiary/aromatic N) is 3. The van der Waals surface area contributed by atoms with Crippen LogP contribution >= 0.6 is 0 Å². The molecule has 3 rings (SSSR count). The summed E-state index contributed by atoms with van der Waals surface area (Å²) < 4.78 is 0. The molecule has 5 nitrogen and oxygen atoms in total. The standard InChI is InChI=1S/C15H21N5/c1-3-8-20-9-4-6-15(2,10-20)19-14-12-5-7-16-13(12)17-11-18-14/h3,5,7,11H,1,4,6,8-10H2,2H3,(H2,16,17,18,19)/t15-/m0/s1. The third-order valence-electron chi connectivity index (χ3n) is 3.94. The number of aromatic nitrogens is 3. The second kappa shape index (κ2) is 5.25. The molecule has 1 saturated heterocycles. The number of nitrogens with one attached hydrogen (secondary N) is 2. The Morgan fingerprint density at radius 3 is 3.30 bits per heavy atom. The van der Waals surface area contributed by atoms with Gasteiger partial charge in [0.25, 0.3) is 0 Å². The number of H-pyrrole nitrogens is 1. The van der Waals surface area contributed by atoms with E-state index >= 15 is 0 Å². The van der Waals surface area contributed by atoms with Crippen molar-refractivity contribution in [3.8, 4) is 0 Å². The topological polar surface area (TPSA) is 56.8 Å². The lowest BCUT2D eigenvalue weighted by Crippen LogP contribution is -2.51. The molecule has 2 aromatic rings. The molecular formula is C15H21N5. The molecular weight excluding hydrogens is 250 g/mol. The summed E-state index contributed by atoms with van der Waals surface area (Å²) in [6, 6.07) is 2.02. The highest BCUT2D eigenvalue weighted by atomic mass is 15.2. The third kappa shape index (κ3) is 2.54. The molecule has 1 atom stereocenters. The van der Waals surface area contributed by atoms with E-state index in [0.29, 0.717) is 0 Å². The molecule has 1 aliphatic rings. The van der Waals surface area contributed by atoms with E-state index in [2.05, 4.69) is 38.7 Å². The molecule has 5 heteroatoms. The highest BCUT2D eigenvalue weighted by Crippen LogP contribution is 2.27. The van der Waals surface area contributed by atoms with Crippen LogP contribution in [0.15, 0.2) is 31.2 Å². The first-order chi connectivity index (χ1) is 9.70. The van der Waals surface area contributed by atoms with E-state index in [1.165, 1.54) is 6.42 Å². The van der Waals surface area contributed by atoms with Crippen LogP contribution < -0.4 is 5.32 Å². The summed E-state index contributed by atoms with van der Waals surface area (Å²) in [7, 11) is 0. The minimum absolute atomic E-state index is 0.0415. The van der Waals surface area contributed by atoms with Crippen LogP contribution in [0.5, 0.6) is 0 Å². The third-order valence-corrected chi connectivity index (χ3v) is 3.94. The zero-order valence-electron chi connectivity index (χ0n) is 11.9. The molecule has 0 unspecified atom stereocenters. The van der Waals surface area contributed by atoms with E-state index in [1.54, 1.807) is 6.33 Å².